The summed E-state index contributed by atoms with van der Waals surface area (Å²) >= 11 is 0. The maximum Gasteiger partial charge on any atom is 0.246 e. The zero-order valence-corrected chi connectivity index (χ0v) is 13.2. The smallest absolute Gasteiger partial charge is 0.246 e. The molecule has 0 aromatic heterocycles. The Morgan fingerprint density at radius 3 is 2.26 bits per heavy atom. The van der Waals surface area contributed by atoms with Crippen LogP contribution in [0, 0.1) is 11.6 Å². The van der Waals surface area contributed by atoms with Crippen LogP contribution in [-0.4, -0.2) is 5.91 Å². The zero-order valence-electron chi connectivity index (χ0n) is 13.2. The van der Waals surface area contributed by atoms with Crippen LogP contribution in [0.4, 0.5) is 14.5 Å². The van der Waals surface area contributed by atoms with Gasteiger partial charge in [0, 0.05) is 11.3 Å². The number of rotatable bonds is 5. The summed E-state index contributed by atoms with van der Waals surface area (Å²) in [5.74, 6) is -2.31. The summed E-state index contributed by atoms with van der Waals surface area (Å²) in [4.78, 5) is 12.2. The van der Waals surface area contributed by atoms with E-state index >= 15 is 0 Å². The van der Waals surface area contributed by atoms with Gasteiger partial charge in [-0.25, -0.2) is 8.78 Å². The number of carbonyl (C=O) groups is 1. The van der Waals surface area contributed by atoms with E-state index in [4.69, 9.17) is 5.73 Å². The van der Waals surface area contributed by atoms with E-state index in [1.165, 1.54) is 11.6 Å². The Morgan fingerprint density at radius 1 is 1.09 bits per heavy atom. The molecule has 0 radical (unpaired) electrons. The van der Waals surface area contributed by atoms with Crippen molar-refractivity contribution in [1.29, 1.82) is 0 Å². The summed E-state index contributed by atoms with van der Waals surface area (Å²) in [6, 6.07) is 7.54. The minimum atomic E-state index is -1.41. The highest BCUT2D eigenvalue weighted by molar-refractivity contribution is 5.95. The second-order valence-electron chi connectivity index (χ2n) is 5.29. The fourth-order valence-corrected chi connectivity index (χ4v) is 2.54. The fourth-order valence-electron chi connectivity index (χ4n) is 2.54. The van der Waals surface area contributed by atoms with E-state index in [1.54, 1.807) is 6.07 Å². The first-order valence-corrected chi connectivity index (χ1v) is 7.60. The van der Waals surface area contributed by atoms with Gasteiger partial charge < -0.3 is 11.1 Å². The number of anilines is 1. The van der Waals surface area contributed by atoms with Gasteiger partial charge in [0.25, 0.3) is 0 Å². The molecule has 0 heterocycles. The number of halogens is 2. The molecular weight excluding hydrogens is 298 g/mol. The predicted octanol–water partition coefficient (Wildman–Crippen LogP) is 3.73. The molecule has 0 aliphatic heterocycles. The lowest BCUT2D eigenvalue weighted by Crippen LogP contribution is -2.29. The van der Waals surface area contributed by atoms with Gasteiger partial charge in [0.15, 0.2) is 0 Å². The highest BCUT2D eigenvalue weighted by Crippen LogP contribution is 2.22. The van der Waals surface area contributed by atoms with E-state index in [-0.39, 0.29) is 0 Å². The molecule has 3 nitrogen and oxygen atoms in total. The molecule has 0 saturated heterocycles. The van der Waals surface area contributed by atoms with Crippen LogP contribution in [0.2, 0.25) is 0 Å². The molecule has 1 unspecified atom stereocenters. The number of hydrogen-bond acceptors (Lipinski definition) is 2. The average Bonchev–Trinajstić information content (AvgIpc) is 2.54. The van der Waals surface area contributed by atoms with Crippen molar-refractivity contribution in [3.8, 4) is 0 Å². The molecule has 0 fully saturated rings. The Kier molecular flexibility index (Phi) is 5.45. The standard InChI is InChI=1S/C18H20F2N2O/c1-3-11-8-9-13(10-12(11)4-2)22-18(23)17(21)16-14(19)6-5-7-15(16)20/h5-10,17H,3-4,21H2,1-2H3,(H,22,23). The molecular formula is C18H20F2N2O. The molecule has 0 aliphatic carbocycles. The van der Waals surface area contributed by atoms with Gasteiger partial charge in [-0.15, -0.1) is 0 Å². The molecule has 0 spiro atoms. The number of carbonyl (C=O) groups excluding carboxylic acids is 1. The van der Waals surface area contributed by atoms with Gasteiger partial charge in [0.1, 0.15) is 17.7 Å². The SMILES string of the molecule is CCc1ccc(NC(=O)C(N)c2c(F)cccc2F)cc1CC. The monoisotopic (exact) mass is 318 g/mol. The van der Waals surface area contributed by atoms with E-state index < -0.39 is 29.1 Å². The lowest BCUT2D eigenvalue weighted by Gasteiger charge is -2.15. The van der Waals surface area contributed by atoms with Gasteiger partial charge >= 0.3 is 0 Å². The van der Waals surface area contributed by atoms with Crippen molar-refractivity contribution in [2.24, 2.45) is 5.73 Å². The summed E-state index contributed by atoms with van der Waals surface area (Å²) in [5, 5.41) is 2.62. The van der Waals surface area contributed by atoms with Crippen molar-refractivity contribution in [2.45, 2.75) is 32.7 Å². The Labute approximate surface area is 134 Å². The van der Waals surface area contributed by atoms with Crippen LogP contribution in [-0.2, 0) is 17.6 Å². The zero-order chi connectivity index (χ0) is 17.0. The Hall–Kier alpha value is -2.27. The van der Waals surface area contributed by atoms with Gasteiger partial charge in [0.2, 0.25) is 5.91 Å². The molecule has 23 heavy (non-hydrogen) atoms. The average molecular weight is 318 g/mol. The van der Waals surface area contributed by atoms with Crippen LogP contribution in [0.25, 0.3) is 0 Å². The first-order valence-electron chi connectivity index (χ1n) is 7.60. The molecule has 1 amide bonds. The van der Waals surface area contributed by atoms with Crippen molar-refractivity contribution in [3.63, 3.8) is 0 Å². The fraction of sp³-hybridized carbons (Fsp3) is 0.278. The van der Waals surface area contributed by atoms with Gasteiger partial charge in [0.05, 0.1) is 0 Å². The molecule has 0 saturated carbocycles. The Balaban J connectivity index is 2.22. The quantitative estimate of drug-likeness (QED) is 0.882. The van der Waals surface area contributed by atoms with E-state index in [9.17, 15) is 13.6 Å². The lowest BCUT2D eigenvalue weighted by atomic mass is 10.0. The maximum atomic E-state index is 13.7. The molecule has 3 N–H and O–H groups in total. The number of aryl methyl sites for hydroxylation is 2. The normalized spacial score (nSPS) is 12.0. The van der Waals surface area contributed by atoms with Crippen molar-refractivity contribution >= 4 is 11.6 Å². The van der Waals surface area contributed by atoms with Crippen molar-refractivity contribution in [1.82, 2.24) is 0 Å². The lowest BCUT2D eigenvalue weighted by molar-refractivity contribution is -0.117. The third-order valence-electron chi connectivity index (χ3n) is 3.83. The van der Waals surface area contributed by atoms with Gasteiger partial charge in [-0.2, -0.15) is 0 Å². The van der Waals surface area contributed by atoms with Gasteiger partial charge in [-0.1, -0.05) is 26.0 Å². The van der Waals surface area contributed by atoms with Crippen molar-refractivity contribution < 1.29 is 13.6 Å². The largest absolute Gasteiger partial charge is 0.324 e. The Bertz CT molecular complexity index is 696. The maximum absolute atomic E-state index is 13.7. The van der Waals surface area contributed by atoms with E-state index in [2.05, 4.69) is 12.2 Å². The minimum absolute atomic E-state index is 0.425. The third-order valence-corrected chi connectivity index (χ3v) is 3.83. The third kappa shape index (κ3) is 3.74. The number of nitrogens with two attached hydrogens (primary N) is 1. The Morgan fingerprint density at radius 2 is 1.70 bits per heavy atom. The molecule has 5 heteroatoms. The van der Waals surface area contributed by atoms with Gasteiger partial charge in [-0.05, 0) is 48.2 Å². The number of hydrogen-bond donors (Lipinski definition) is 2. The first-order chi connectivity index (χ1) is 11.0. The molecule has 2 rings (SSSR count). The molecule has 2 aromatic rings. The molecule has 2 aromatic carbocycles. The van der Waals surface area contributed by atoms with Crippen LogP contribution < -0.4 is 11.1 Å². The highest BCUT2D eigenvalue weighted by Gasteiger charge is 2.23. The van der Waals surface area contributed by atoms with Crippen LogP contribution in [0.3, 0.4) is 0 Å². The summed E-state index contributed by atoms with van der Waals surface area (Å²) in [6.07, 6.45) is 1.73. The predicted molar refractivity (Wildman–Crippen MR) is 87.1 cm³/mol. The second-order valence-corrected chi connectivity index (χ2v) is 5.29. The van der Waals surface area contributed by atoms with Crippen LogP contribution in [0.1, 0.15) is 36.6 Å². The van der Waals surface area contributed by atoms with E-state index in [0.29, 0.717) is 5.69 Å². The summed E-state index contributed by atoms with van der Waals surface area (Å²) in [5.41, 5.74) is 8.19. The minimum Gasteiger partial charge on any atom is -0.324 e. The van der Waals surface area contributed by atoms with Crippen molar-refractivity contribution in [3.05, 3.63) is 64.7 Å². The molecule has 122 valence electrons. The number of nitrogens with one attached hydrogen (secondary N) is 1. The molecule has 0 aliphatic rings. The summed E-state index contributed by atoms with van der Waals surface area (Å²) in [7, 11) is 0. The topological polar surface area (TPSA) is 55.1 Å². The van der Waals surface area contributed by atoms with E-state index in [0.717, 1.165) is 30.5 Å². The molecule has 0 bridgehead atoms. The summed E-state index contributed by atoms with van der Waals surface area (Å²) in [6.45, 7) is 4.09. The highest BCUT2D eigenvalue weighted by atomic mass is 19.1. The van der Waals surface area contributed by atoms with Gasteiger partial charge in [-0.3, -0.25) is 4.79 Å². The van der Waals surface area contributed by atoms with Crippen LogP contribution >= 0.6 is 0 Å². The number of benzene rings is 2. The molecule has 1 atom stereocenters. The summed E-state index contributed by atoms with van der Waals surface area (Å²) < 4.78 is 27.4. The number of amides is 1. The second kappa shape index (κ2) is 7.33. The van der Waals surface area contributed by atoms with Crippen LogP contribution in [0.5, 0.6) is 0 Å². The van der Waals surface area contributed by atoms with E-state index in [1.807, 2.05) is 19.1 Å². The first kappa shape index (κ1) is 17.1. The van der Waals surface area contributed by atoms with Crippen molar-refractivity contribution in [2.75, 3.05) is 5.32 Å². The van der Waals surface area contributed by atoms with Crippen LogP contribution in [0.15, 0.2) is 36.4 Å².